The zero-order valence-corrected chi connectivity index (χ0v) is 11.9. The lowest BCUT2D eigenvalue weighted by atomic mass is 10.1. The molecule has 1 aromatic rings. The summed E-state index contributed by atoms with van der Waals surface area (Å²) >= 11 is 2.27. The Bertz CT molecular complexity index is 542. The number of H-pyrrole nitrogens is 1. The van der Waals surface area contributed by atoms with Crippen molar-refractivity contribution >= 4 is 46.5 Å². The third-order valence-electron chi connectivity index (χ3n) is 2.55. The summed E-state index contributed by atoms with van der Waals surface area (Å²) in [6, 6.07) is 0. The molecule has 0 saturated carbocycles. The van der Waals surface area contributed by atoms with E-state index < -0.39 is 11.8 Å². The molecule has 1 heterocycles. The molecule has 0 amide bonds. The number of halogens is 1. The van der Waals surface area contributed by atoms with Crippen molar-refractivity contribution in [2.45, 2.75) is 10.8 Å². The second-order valence-corrected chi connectivity index (χ2v) is 5.18. The van der Waals surface area contributed by atoms with E-state index in [2.05, 4.69) is 27.6 Å². The third kappa shape index (κ3) is 2.55. The topological polar surface area (TPSA) is 59.2 Å². The van der Waals surface area contributed by atoms with E-state index in [1.165, 1.54) is 0 Å². The van der Waals surface area contributed by atoms with Crippen LogP contribution in [0, 0.1) is 0 Å². The third-order valence-corrected chi connectivity index (χ3v) is 3.38. The Hall–Kier alpha value is -1.37. The molecule has 1 N–H and O–H groups in total. The Labute approximate surface area is 118 Å². The Morgan fingerprint density at radius 2 is 2.11 bits per heavy atom. The number of allylic oxidation sites excluding steroid dienone is 2. The van der Waals surface area contributed by atoms with E-state index in [1.807, 2.05) is 24.3 Å². The maximum Gasteiger partial charge on any atom is 0.379 e. The highest BCUT2D eigenvalue weighted by Crippen LogP contribution is 2.23. The molecule has 0 aromatic carbocycles. The number of hydrogen-bond donors (Lipinski definition) is 1. The van der Waals surface area contributed by atoms with Crippen LogP contribution in [0.1, 0.15) is 28.5 Å². The maximum atomic E-state index is 11.9. The van der Waals surface area contributed by atoms with Crippen molar-refractivity contribution < 1.29 is 14.3 Å². The summed E-state index contributed by atoms with van der Waals surface area (Å²) in [5, 5.41) is 0. The van der Waals surface area contributed by atoms with Crippen LogP contribution in [0.3, 0.4) is 0 Å². The molecule has 0 spiro atoms. The molecule has 1 aliphatic carbocycles. The van der Waals surface area contributed by atoms with Crippen molar-refractivity contribution in [1.82, 2.24) is 4.98 Å². The molecule has 4 nitrogen and oxygen atoms in total. The van der Waals surface area contributed by atoms with Crippen molar-refractivity contribution in [3.63, 3.8) is 0 Å². The first-order valence-corrected chi connectivity index (χ1v) is 6.81. The second kappa shape index (κ2) is 5.51. The van der Waals surface area contributed by atoms with Gasteiger partial charge < -0.3 is 9.72 Å². The smallest absolute Gasteiger partial charge is 0.379 e. The normalized spacial score (nSPS) is 17.1. The van der Waals surface area contributed by atoms with Crippen LogP contribution >= 0.6 is 22.6 Å². The fraction of sp³-hybridized carbons (Fsp3) is 0.231. The summed E-state index contributed by atoms with van der Waals surface area (Å²) in [4.78, 5) is 26.3. The summed E-state index contributed by atoms with van der Waals surface area (Å²) in [5.74, 6) is -1.42. The molecule has 18 heavy (non-hydrogen) atoms. The fourth-order valence-corrected chi connectivity index (χ4v) is 2.12. The van der Waals surface area contributed by atoms with Gasteiger partial charge in [0.25, 0.3) is 5.78 Å². The van der Waals surface area contributed by atoms with Crippen molar-refractivity contribution in [2.75, 3.05) is 6.61 Å². The monoisotopic (exact) mass is 357 g/mol. The molecule has 1 aromatic heterocycles. The average Bonchev–Trinajstić information content (AvgIpc) is 2.67. The number of Topliss-reactive ketones (excluding diaryl/α,β-unsaturated/α-hetero) is 1. The number of ketones is 1. The number of carbonyl (C=O) groups excluding carboxylic acids is 2. The van der Waals surface area contributed by atoms with Gasteiger partial charge in [-0.2, -0.15) is 0 Å². The van der Waals surface area contributed by atoms with Gasteiger partial charge in [-0.15, -0.1) is 0 Å². The van der Waals surface area contributed by atoms with E-state index in [-0.39, 0.29) is 10.5 Å². The first-order chi connectivity index (χ1) is 8.63. The van der Waals surface area contributed by atoms with E-state index in [4.69, 9.17) is 4.74 Å². The summed E-state index contributed by atoms with van der Waals surface area (Å²) in [5.41, 5.74) is 1.93. The van der Waals surface area contributed by atoms with Crippen LogP contribution in [-0.2, 0) is 9.53 Å². The van der Waals surface area contributed by atoms with Crippen LogP contribution in [0.15, 0.2) is 18.3 Å². The Morgan fingerprint density at radius 1 is 1.39 bits per heavy atom. The summed E-state index contributed by atoms with van der Waals surface area (Å²) in [6.45, 7) is 1.87. The van der Waals surface area contributed by atoms with Crippen LogP contribution in [0.25, 0.3) is 12.2 Å². The molecule has 1 unspecified atom stereocenters. The molecule has 0 radical (unpaired) electrons. The number of carbonyl (C=O) groups is 2. The van der Waals surface area contributed by atoms with Gasteiger partial charge >= 0.3 is 5.97 Å². The van der Waals surface area contributed by atoms with Gasteiger partial charge in [0.1, 0.15) is 0 Å². The Kier molecular flexibility index (Phi) is 4.00. The summed E-state index contributed by atoms with van der Waals surface area (Å²) in [6.07, 6.45) is 9.30. The van der Waals surface area contributed by atoms with Gasteiger partial charge in [0, 0.05) is 21.4 Å². The lowest BCUT2D eigenvalue weighted by Gasteiger charge is -2.00. The predicted octanol–water partition coefficient (Wildman–Crippen LogP) is 2.60. The standard InChI is InChI=1S/C13H12INO3/c1-2-18-13(17)12(16)10-7-15-11-6-4-8(14)3-5-9(10)11/h3-8,15H,2H2,1H3. The predicted molar refractivity (Wildman–Crippen MR) is 77.6 cm³/mol. The lowest BCUT2D eigenvalue weighted by molar-refractivity contribution is -0.137. The van der Waals surface area contributed by atoms with Gasteiger partial charge in [-0.05, 0) is 13.0 Å². The summed E-state index contributed by atoms with van der Waals surface area (Å²) < 4.78 is 5.00. The number of esters is 1. The highest BCUT2D eigenvalue weighted by Gasteiger charge is 2.23. The molecule has 1 aliphatic rings. The molecule has 0 saturated heterocycles. The number of ether oxygens (including phenoxy) is 1. The minimum absolute atomic E-state index is 0.197. The number of rotatable bonds is 3. The second-order valence-electron chi connectivity index (χ2n) is 3.74. The Balaban J connectivity index is 2.35. The maximum absolute atomic E-state index is 11.9. The van der Waals surface area contributed by atoms with Gasteiger partial charge in [0.2, 0.25) is 0 Å². The van der Waals surface area contributed by atoms with Crippen molar-refractivity contribution in [3.8, 4) is 0 Å². The number of aromatic nitrogens is 1. The van der Waals surface area contributed by atoms with Crippen molar-refractivity contribution in [1.29, 1.82) is 0 Å². The van der Waals surface area contributed by atoms with Crippen molar-refractivity contribution in [3.05, 3.63) is 35.2 Å². The number of aromatic amines is 1. The highest BCUT2D eigenvalue weighted by molar-refractivity contribution is 14.1. The molecule has 0 aliphatic heterocycles. The van der Waals surface area contributed by atoms with E-state index in [0.717, 1.165) is 11.3 Å². The average molecular weight is 357 g/mol. The van der Waals surface area contributed by atoms with E-state index in [1.54, 1.807) is 13.1 Å². The van der Waals surface area contributed by atoms with Crippen LogP contribution in [-0.4, -0.2) is 27.3 Å². The molecular weight excluding hydrogens is 345 g/mol. The number of hydrogen-bond acceptors (Lipinski definition) is 3. The van der Waals surface area contributed by atoms with Crippen molar-refractivity contribution in [2.24, 2.45) is 0 Å². The first-order valence-electron chi connectivity index (χ1n) is 5.56. The molecule has 0 fully saturated rings. The molecule has 2 rings (SSSR count). The zero-order chi connectivity index (χ0) is 13.1. The fourth-order valence-electron chi connectivity index (χ4n) is 1.70. The van der Waals surface area contributed by atoms with Crippen LogP contribution < -0.4 is 0 Å². The van der Waals surface area contributed by atoms with E-state index in [9.17, 15) is 9.59 Å². The zero-order valence-electron chi connectivity index (χ0n) is 9.77. The van der Waals surface area contributed by atoms with Crippen LogP contribution in [0.5, 0.6) is 0 Å². The van der Waals surface area contributed by atoms with Crippen LogP contribution in [0.2, 0.25) is 0 Å². The molecule has 1 atom stereocenters. The Morgan fingerprint density at radius 3 is 2.83 bits per heavy atom. The lowest BCUT2D eigenvalue weighted by Crippen LogP contribution is -2.17. The molecule has 94 valence electrons. The van der Waals surface area contributed by atoms with Gasteiger partial charge in [0.15, 0.2) is 0 Å². The van der Waals surface area contributed by atoms with E-state index >= 15 is 0 Å². The number of alkyl halides is 1. The number of nitrogens with one attached hydrogen (secondary N) is 1. The molecule has 0 bridgehead atoms. The van der Waals surface area contributed by atoms with Gasteiger partial charge in [0.05, 0.1) is 12.2 Å². The molecule has 5 heteroatoms. The first kappa shape index (κ1) is 13.1. The highest BCUT2D eigenvalue weighted by atomic mass is 127. The SMILES string of the molecule is CCOC(=O)C(=O)c1c[nH]c2c1C=CC(I)C=C2. The quantitative estimate of drug-likeness (QED) is 0.298. The van der Waals surface area contributed by atoms with Gasteiger partial charge in [-0.1, -0.05) is 40.8 Å². The summed E-state index contributed by atoms with van der Waals surface area (Å²) in [7, 11) is 0. The molecular formula is C13H12INO3. The largest absolute Gasteiger partial charge is 0.460 e. The van der Waals surface area contributed by atoms with Gasteiger partial charge in [-0.25, -0.2) is 4.79 Å². The van der Waals surface area contributed by atoms with Crippen LogP contribution in [0.4, 0.5) is 0 Å². The minimum atomic E-state index is -0.813. The van der Waals surface area contributed by atoms with Gasteiger partial charge in [-0.3, -0.25) is 4.79 Å². The van der Waals surface area contributed by atoms with E-state index in [0.29, 0.717) is 5.56 Å². The number of fused-ring (bicyclic) bond motifs is 1. The minimum Gasteiger partial charge on any atom is -0.460 e.